The molecule has 0 aliphatic rings. The topological polar surface area (TPSA) is 107 Å². The van der Waals surface area contributed by atoms with Gasteiger partial charge >= 0.3 is 11.9 Å². The number of rotatable bonds is 11. The Hall–Kier alpha value is -4.56. The van der Waals surface area contributed by atoms with Gasteiger partial charge in [0.25, 0.3) is 0 Å². The smallest absolute Gasteiger partial charge is 0.349 e. The van der Waals surface area contributed by atoms with Gasteiger partial charge in [0.05, 0.1) is 0 Å². The molecule has 186 valence electrons. The molecule has 0 aliphatic heterocycles. The lowest BCUT2D eigenvalue weighted by atomic mass is 10.1. The quantitative estimate of drug-likeness (QED) is 0.201. The van der Waals surface area contributed by atoms with Crippen LogP contribution in [0.2, 0.25) is 0 Å². The summed E-state index contributed by atoms with van der Waals surface area (Å²) in [4.78, 5) is 28.6. The maximum atomic E-state index is 12.3. The molecule has 0 saturated carbocycles. The predicted molar refractivity (Wildman–Crippen MR) is 140 cm³/mol. The zero-order valence-corrected chi connectivity index (χ0v) is 21.0. The lowest BCUT2D eigenvalue weighted by molar-refractivity contribution is -0.146. The standard InChI is InChI=1S/C28H30N4O4/c1-5-32(6-2)26-13-9-22(10-14-26)18-24(20-30)28(34)36-16-15-35-27(33)23(19-29)17-21-7-11-25(12-8-21)31(3)4/h7-14,17-18H,5-6,15-16H2,1-4H3. The minimum atomic E-state index is -0.824. The first-order valence-electron chi connectivity index (χ1n) is 11.5. The van der Waals surface area contributed by atoms with Gasteiger partial charge in [-0.05, 0) is 61.4 Å². The Balaban J connectivity index is 1.91. The van der Waals surface area contributed by atoms with E-state index in [4.69, 9.17) is 9.47 Å². The van der Waals surface area contributed by atoms with Gasteiger partial charge in [-0.15, -0.1) is 0 Å². The molecule has 0 aliphatic carbocycles. The van der Waals surface area contributed by atoms with Crippen LogP contribution in [0.25, 0.3) is 12.2 Å². The van der Waals surface area contributed by atoms with E-state index in [0.29, 0.717) is 11.1 Å². The minimum absolute atomic E-state index is 0.171. The van der Waals surface area contributed by atoms with Gasteiger partial charge in [0, 0.05) is 38.6 Å². The summed E-state index contributed by atoms with van der Waals surface area (Å²) in [6.07, 6.45) is 2.87. The summed E-state index contributed by atoms with van der Waals surface area (Å²) in [5.74, 6) is -1.65. The molecule has 0 unspecified atom stereocenters. The molecule has 0 aromatic heterocycles. The molecular weight excluding hydrogens is 456 g/mol. The Morgan fingerprint density at radius 3 is 1.47 bits per heavy atom. The van der Waals surface area contributed by atoms with Gasteiger partial charge in [-0.1, -0.05) is 24.3 Å². The number of nitriles is 2. The minimum Gasteiger partial charge on any atom is -0.458 e. The Morgan fingerprint density at radius 1 is 0.750 bits per heavy atom. The van der Waals surface area contributed by atoms with Gasteiger partial charge < -0.3 is 19.3 Å². The van der Waals surface area contributed by atoms with Crippen LogP contribution >= 0.6 is 0 Å². The Kier molecular flexibility index (Phi) is 10.8. The van der Waals surface area contributed by atoms with E-state index in [1.54, 1.807) is 12.1 Å². The van der Waals surface area contributed by atoms with Crippen molar-refractivity contribution in [2.75, 3.05) is 50.2 Å². The van der Waals surface area contributed by atoms with Gasteiger partial charge in [-0.3, -0.25) is 0 Å². The van der Waals surface area contributed by atoms with Crippen molar-refractivity contribution >= 4 is 35.5 Å². The van der Waals surface area contributed by atoms with Gasteiger partial charge in [-0.25, -0.2) is 9.59 Å². The van der Waals surface area contributed by atoms with Crippen molar-refractivity contribution in [3.8, 4) is 12.1 Å². The highest BCUT2D eigenvalue weighted by molar-refractivity contribution is 5.98. The SMILES string of the molecule is CCN(CC)c1ccc(C=C(C#N)C(=O)OCCOC(=O)C(C#N)=Cc2ccc(N(C)C)cc2)cc1. The summed E-state index contributed by atoms with van der Waals surface area (Å²) in [6.45, 7) is 5.39. The molecule has 2 aromatic rings. The molecule has 0 amide bonds. The van der Waals surface area contributed by atoms with Crippen LogP contribution < -0.4 is 9.80 Å². The highest BCUT2D eigenvalue weighted by Crippen LogP contribution is 2.17. The summed E-state index contributed by atoms with van der Waals surface area (Å²) in [5, 5.41) is 18.7. The van der Waals surface area contributed by atoms with Crippen LogP contribution in [0.5, 0.6) is 0 Å². The van der Waals surface area contributed by atoms with Crippen LogP contribution in [0.15, 0.2) is 59.7 Å². The lowest BCUT2D eigenvalue weighted by Crippen LogP contribution is -2.21. The number of esters is 2. The summed E-state index contributed by atoms with van der Waals surface area (Å²) in [7, 11) is 3.82. The molecule has 0 atom stereocenters. The molecule has 0 N–H and O–H groups in total. The number of carbonyl (C=O) groups excluding carboxylic acids is 2. The maximum Gasteiger partial charge on any atom is 0.349 e. The van der Waals surface area contributed by atoms with Gasteiger partial charge in [-0.2, -0.15) is 10.5 Å². The molecule has 0 spiro atoms. The van der Waals surface area contributed by atoms with E-state index in [1.165, 1.54) is 12.2 Å². The third kappa shape index (κ3) is 8.03. The van der Waals surface area contributed by atoms with Crippen LogP contribution in [0.1, 0.15) is 25.0 Å². The lowest BCUT2D eigenvalue weighted by Gasteiger charge is -2.20. The third-order valence-corrected chi connectivity index (χ3v) is 5.28. The Labute approximate surface area is 212 Å². The molecule has 36 heavy (non-hydrogen) atoms. The zero-order chi connectivity index (χ0) is 26.5. The molecular formula is C28H30N4O4. The fourth-order valence-electron chi connectivity index (χ4n) is 3.27. The van der Waals surface area contributed by atoms with E-state index in [9.17, 15) is 20.1 Å². The van der Waals surface area contributed by atoms with Crippen LogP contribution in [-0.2, 0) is 19.1 Å². The summed E-state index contributed by atoms with van der Waals surface area (Å²) >= 11 is 0. The first-order valence-corrected chi connectivity index (χ1v) is 11.5. The second-order valence-corrected chi connectivity index (χ2v) is 7.86. The molecule has 0 heterocycles. The van der Waals surface area contributed by atoms with E-state index >= 15 is 0 Å². The van der Waals surface area contributed by atoms with Crippen molar-refractivity contribution in [2.45, 2.75) is 13.8 Å². The van der Waals surface area contributed by atoms with Crippen LogP contribution in [0.4, 0.5) is 11.4 Å². The molecule has 0 fully saturated rings. The van der Waals surface area contributed by atoms with Crippen molar-refractivity contribution in [1.29, 1.82) is 10.5 Å². The number of benzene rings is 2. The monoisotopic (exact) mass is 486 g/mol. The summed E-state index contributed by atoms with van der Waals surface area (Å²) in [5.41, 5.74) is 3.05. The van der Waals surface area contributed by atoms with Crippen molar-refractivity contribution in [1.82, 2.24) is 0 Å². The maximum absolute atomic E-state index is 12.3. The van der Waals surface area contributed by atoms with Gasteiger partial charge in [0.2, 0.25) is 0 Å². The van der Waals surface area contributed by atoms with Crippen LogP contribution in [0.3, 0.4) is 0 Å². The number of ether oxygens (including phenoxy) is 2. The number of hydrogen-bond acceptors (Lipinski definition) is 8. The normalized spacial score (nSPS) is 11.2. The summed E-state index contributed by atoms with van der Waals surface area (Å²) in [6, 6.07) is 18.5. The highest BCUT2D eigenvalue weighted by Gasteiger charge is 2.14. The van der Waals surface area contributed by atoms with Gasteiger partial charge in [0.15, 0.2) is 0 Å². The van der Waals surface area contributed by atoms with Crippen molar-refractivity contribution < 1.29 is 19.1 Å². The number of carbonyl (C=O) groups is 2. The molecule has 0 radical (unpaired) electrons. The zero-order valence-electron chi connectivity index (χ0n) is 21.0. The van der Waals surface area contributed by atoms with Gasteiger partial charge in [0.1, 0.15) is 36.5 Å². The highest BCUT2D eigenvalue weighted by atomic mass is 16.6. The van der Waals surface area contributed by atoms with Crippen LogP contribution in [-0.4, -0.2) is 52.3 Å². The number of nitrogens with zero attached hydrogens (tertiary/aromatic N) is 4. The average Bonchev–Trinajstić information content (AvgIpc) is 2.89. The average molecular weight is 487 g/mol. The van der Waals surface area contributed by atoms with Crippen molar-refractivity contribution in [3.05, 3.63) is 70.8 Å². The van der Waals surface area contributed by atoms with E-state index in [0.717, 1.165) is 24.5 Å². The first-order chi connectivity index (χ1) is 17.3. The van der Waals surface area contributed by atoms with E-state index in [2.05, 4.69) is 18.7 Å². The van der Waals surface area contributed by atoms with E-state index < -0.39 is 11.9 Å². The molecule has 0 bridgehead atoms. The molecule has 8 heteroatoms. The fourth-order valence-corrected chi connectivity index (χ4v) is 3.27. The second-order valence-electron chi connectivity index (χ2n) is 7.86. The first kappa shape index (κ1) is 27.7. The molecule has 2 rings (SSSR count). The Bertz CT molecular complexity index is 1180. The Morgan fingerprint density at radius 2 is 1.14 bits per heavy atom. The van der Waals surface area contributed by atoms with Crippen molar-refractivity contribution in [3.63, 3.8) is 0 Å². The summed E-state index contributed by atoms with van der Waals surface area (Å²) < 4.78 is 10.1. The third-order valence-electron chi connectivity index (χ3n) is 5.28. The van der Waals surface area contributed by atoms with E-state index in [-0.39, 0.29) is 24.4 Å². The molecule has 0 saturated heterocycles. The largest absolute Gasteiger partial charge is 0.458 e. The van der Waals surface area contributed by atoms with Crippen LogP contribution in [0, 0.1) is 22.7 Å². The fraction of sp³-hybridized carbons (Fsp3) is 0.286. The number of anilines is 2. The molecule has 2 aromatic carbocycles. The van der Waals surface area contributed by atoms with Crippen molar-refractivity contribution in [2.24, 2.45) is 0 Å². The predicted octanol–water partition coefficient (Wildman–Crippen LogP) is 4.20. The van der Waals surface area contributed by atoms with E-state index in [1.807, 2.05) is 67.5 Å². The number of hydrogen-bond donors (Lipinski definition) is 0. The molecule has 8 nitrogen and oxygen atoms in total. The second kappa shape index (κ2) is 14.0.